The van der Waals surface area contributed by atoms with Crippen LogP contribution in [-0.4, -0.2) is 21.6 Å². The van der Waals surface area contributed by atoms with E-state index in [1.54, 1.807) is 13.0 Å². The van der Waals surface area contributed by atoms with Gasteiger partial charge >= 0.3 is 0 Å². The molecule has 0 bridgehead atoms. The predicted molar refractivity (Wildman–Crippen MR) is 112 cm³/mol. The number of aromatic nitrogens is 2. The Labute approximate surface area is 175 Å². The number of rotatable bonds is 8. The average molecular weight is 415 g/mol. The molecular formula is C23H27F2N3O2. The first-order valence-corrected chi connectivity index (χ1v) is 10.2. The van der Waals surface area contributed by atoms with Gasteiger partial charge in [-0.2, -0.15) is 9.61 Å². The predicted octanol–water partition coefficient (Wildman–Crippen LogP) is 5.12. The molecule has 3 rings (SSSR count). The summed E-state index contributed by atoms with van der Waals surface area (Å²) in [5.41, 5.74) is 2.32. The van der Waals surface area contributed by atoms with Crippen molar-refractivity contribution >= 4 is 11.4 Å². The molecule has 160 valence electrons. The molecule has 0 fully saturated rings. The zero-order chi connectivity index (χ0) is 21.8. The van der Waals surface area contributed by atoms with Crippen LogP contribution in [0.25, 0.3) is 5.52 Å². The summed E-state index contributed by atoms with van der Waals surface area (Å²) >= 11 is 0. The second-order valence-corrected chi connectivity index (χ2v) is 7.63. The minimum Gasteiger partial charge on any atom is -0.473 e. The third-order valence-electron chi connectivity index (χ3n) is 5.04. The molecule has 5 nitrogen and oxygen atoms in total. The Morgan fingerprint density at radius 1 is 1.23 bits per heavy atom. The van der Waals surface area contributed by atoms with Crippen LogP contribution in [0.3, 0.4) is 0 Å². The Balaban J connectivity index is 1.91. The Bertz CT molecular complexity index is 1040. The summed E-state index contributed by atoms with van der Waals surface area (Å²) in [7, 11) is 0. The van der Waals surface area contributed by atoms with Gasteiger partial charge in [0.1, 0.15) is 18.2 Å². The molecule has 0 aliphatic carbocycles. The molecule has 1 amide bonds. The minimum absolute atomic E-state index is 0.0522. The Morgan fingerprint density at radius 2 is 1.93 bits per heavy atom. The topological polar surface area (TPSA) is 55.6 Å². The maximum absolute atomic E-state index is 13.9. The Hall–Kier alpha value is -2.96. The van der Waals surface area contributed by atoms with Gasteiger partial charge in [-0.3, -0.25) is 4.79 Å². The van der Waals surface area contributed by atoms with E-state index in [2.05, 4.69) is 17.3 Å². The van der Waals surface area contributed by atoms with Crippen LogP contribution >= 0.6 is 0 Å². The van der Waals surface area contributed by atoms with Crippen LogP contribution in [0.2, 0.25) is 0 Å². The number of aryl methyl sites for hydroxylation is 2. The van der Waals surface area contributed by atoms with Crippen molar-refractivity contribution in [1.82, 2.24) is 14.9 Å². The molecule has 1 atom stereocenters. The first-order valence-electron chi connectivity index (χ1n) is 10.2. The number of fused-ring (bicyclic) bond motifs is 1. The lowest BCUT2D eigenvalue weighted by Gasteiger charge is -2.14. The molecular weight excluding hydrogens is 388 g/mol. The molecule has 0 aliphatic rings. The quantitative estimate of drug-likeness (QED) is 0.556. The van der Waals surface area contributed by atoms with Crippen molar-refractivity contribution < 1.29 is 18.3 Å². The van der Waals surface area contributed by atoms with Crippen molar-refractivity contribution in [2.45, 2.75) is 59.6 Å². The minimum atomic E-state index is -0.670. The van der Waals surface area contributed by atoms with Crippen molar-refractivity contribution in [2.75, 3.05) is 0 Å². The highest BCUT2D eigenvalue weighted by Gasteiger charge is 2.21. The first-order chi connectivity index (χ1) is 14.3. The van der Waals surface area contributed by atoms with Gasteiger partial charge < -0.3 is 10.1 Å². The van der Waals surface area contributed by atoms with Crippen LogP contribution in [0.5, 0.6) is 5.88 Å². The lowest BCUT2D eigenvalue weighted by molar-refractivity contribution is 0.0939. The van der Waals surface area contributed by atoms with Gasteiger partial charge in [0.15, 0.2) is 0 Å². The van der Waals surface area contributed by atoms with E-state index in [9.17, 15) is 13.6 Å². The van der Waals surface area contributed by atoms with E-state index in [1.165, 1.54) is 22.7 Å². The zero-order valence-electron chi connectivity index (χ0n) is 17.8. The van der Waals surface area contributed by atoms with Gasteiger partial charge in [-0.05, 0) is 51.0 Å². The third-order valence-corrected chi connectivity index (χ3v) is 5.04. The smallest absolute Gasteiger partial charge is 0.255 e. The summed E-state index contributed by atoms with van der Waals surface area (Å²) < 4.78 is 35.1. The number of ether oxygens (including phenoxy) is 1. The number of hydrogen-bond acceptors (Lipinski definition) is 3. The van der Waals surface area contributed by atoms with E-state index in [0.717, 1.165) is 24.8 Å². The normalized spacial score (nSPS) is 12.2. The number of hydrogen-bond donors (Lipinski definition) is 1. The summed E-state index contributed by atoms with van der Waals surface area (Å²) in [6.07, 6.45) is 3.01. The highest BCUT2D eigenvalue weighted by Crippen LogP contribution is 2.25. The molecule has 3 aromatic rings. The molecule has 2 aromatic heterocycles. The summed E-state index contributed by atoms with van der Waals surface area (Å²) in [6, 6.07) is 7.31. The molecule has 0 radical (unpaired) electrons. The molecule has 0 saturated carbocycles. The number of carbonyl (C=O) groups excluding carboxylic acids is 1. The molecule has 0 saturated heterocycles. The van der Waals surface area contributed by atoms with E-state index < -0.39 is 11.6 Å². The molecule has 0 spiro atoms. The van der Waals surface area contributed by atoms with Crippen LogP contribution in [-0.2, 0) is 6.61 Å². The fourth-order valence-electron chi connectivity index (χ4n) is 3.44. The maximum atomic E-state index is 13.9. The summed E-state index contributed by atoms with van der Waals surface area (Å²) in [5.74, 6) is -1.22. The number of amides is 1. The van der Waals surface area contributed by atoms with Gasteiger partial charge in [-0.15, -0.1) is 0 Å². The molecule has 30 heavy (non-hydrogen) atoms. The van der Waals surface area contributed by atoms with Crippen molar-refractivity contribution in [3.63, 3.8) is 0 Å². The van der Waals surface area contributed by atoms with Crippen LogP contribution in [0.15, 0.2) is 30.3 Å². The fourth-order valence-corrected chi connectivity index (χ4v) is 3.44. The summed E-state index contributed by atoms with van der Waals surface area (Å²) in [6.45, 7) is 7.43. The molecule has 7 heteroatoms. The van der Waals surface area contributed by atoms with Gasteiger partial charge in [0, 0.05) is 12.1 Å². The van der Waals surface area contributed by atoms with Crippen molar-refractivity contribution in [2.24, 2.45) is 0 Å². The number of nitrogens with zero attached hydrogens (tertiary/aromatic N) is 2. The van der Waals surface area contributed by atoms with Crippen LogP contribution in [0, 0.1) is 25.5 Å². The Kier molecular flexibility index (Phi) is 6.70. The number of halogens is 2. The SMILES string of the molecule is CCCCC(C)NC(=O)c1c(C)nn2c(OCc3c(F)cccc3F)cc(C)cc12. The lowest BCUT2D eigenvalue weighted by atomic mass is 10.1. The van der Waals surface area contributed by atoms with Crippen LogP contribution in [0.1, 0.15) is 60.3 Å². The van der Waals surface area contributed by atoms with Crippen molar-refractivity contribution in [1.29, 1.82) is 0 Å². The van der Waals surface area contributed by atoms with E-state index in [0.29, 0.717) is 22.7 Å². The largest absolute Gasteiger partial charge is 0.473 e. The number of pyridine rings is 1. The average Bonchev–Trinajstić information content (AvgIpc) is 3.01. The van der Waals surface area contributed by atoms with Crippen molar-refractivity contribution in [3.8, 4) is 5.88 Å². The fraction of sp³-hybridized carbons (Fsp3) is 0.391. The molecule has 2 heterocycles. The Morgan fingerprint density at radius 3 is 2.60 bits per heavy atom. The summed E-state index contributed by atoms with van der Waals surface area (Å²) in [5, 5.41) is 7.47. The van der Waals surface area contributed by atoms with Gasteiger partial charge in [-0.25, -0.2) is 8.78 Å². The number of unbranched alkanes of at least 4 members (excludes halogenated alkanes) is 1. The molecule has 0 aliphatic heterocycles. The molecule has 1 unspecified atom stereocenters. The lowest BCUT2D eigenvalue weighted by Crippen LogP contribution is -2.32. The van der Waals surface area contributed by atoms with Crippen molar-refractivity contribution in [3.05, 3.63) is 64.4 Å². The van der Waals surface area contributed by atoms with Gasteiger partial charge in [0.2, 0.25) is 5.88 Å². The number of carbonyl (C=O) groups is 1. The van der Waals surface area contributed by atoms with Crippen LogP contribution in [0.4, 0.5) is 8.78 Å². The zero-order valence-corrected chi connectivity index (χ0v) is 17.8. The van der Waals surface area contributed by atoms with E-state index >= 15 is 0 Å². The highest BCUT2D eigenvalue weighted by atomic mass is 19.1. The molecule has 1 aromatic carbocycles. The number of benzene rings is 1. The van der Waals surface area contributed by atoms with E-state index in [4.69, 9.17) is 4.74 Å². The monoisotopic (exact) mass is 415 g/mol. The van der Waals surface area contributed by atoms with Gasteiger partial charge in [0.25, 0.3) is 5.91 Å². The van der Waals surface area contributed by atoms with Gasteiger partial charge in [-0.1, -0.05) is 25.8 Å². The standard InChI is InChI=1S/C23H27F2N3O2/c1-5-6-8-15(3)26-23(29)22-16(4)27-28-20(22)11-14(2)12-21(28)30-13-17-18(24)9-7-10-19(17)25/h7,9-12,15H,5-6,8,13H2,1-4H3,(H,26,29). The second-order valence-electron chi connectivity index (χ2n) is 7.63. The number of nitrogens with one attached hydrogen (secondary N) is 1. The van der Waals surface area contributed by atoms with Crippen LogP contribution < -0.4 is 10.1 Å². The summed E-state index contributed by atoms with van der Waals surface area (Å²) in [4.78, 5) is 12.9. The maximum Gasteiger partial charge on any atom is 0.255 e. The molecule has 1 N–H and O–H groups in total. The second kappa shape index (κ2) is 9.24. The first kappa shape index (κ1) is 21.7. The van der Waals surface area contributed by atoms with Gasteiger partial charge in [0.05, 0.1) is 22.3 Å². The highest BCUT2D eigenvalue weighted by molar-refractivity contribution is 6.02. The van der Waals surface area contributed by atoms with E-state index in [1.807, 2.05) is 19.9 Å². The third kappa shape index (κ3) is 4.61. The van der Waals surface area contributed by atoms with E-state index in [-0.39, 0.29) is 24.1 Å².